The summed E-state index contributed by atoms with van der Waals surface area (Å²) in [7, 11) is 6.90. The lowest BCUT2D eigenvalue weighted by Gasteiger charge is -2.35. The van der Waals surface area contributed by atoms with Crippen molar-refractivity contribution < 1.29 is 14.3 Å². The number of carbonyl (C=O) groups is 2. The Bertz CT molecular complexity index is 1400. The summed E-state index contributed by atoms with van der Waals surface area (Å²) in [6.45, 7) is 2.54. The molecule has 3 heterocycles. The van der Waals surface area contributed by atoms with E-state index in [2.05, 4.69) is 20.6 Å². The summed E-state index contributed by atoms with van der Waals surface area (Å²) in [5.41, 5.74) is 1.05. The molecular weight excluding hydrogens is 512 g/mol. The fraction of sp³-hybridized carbons (Fsp3) is 0.400. The highest BCUT2D eigenvalue weighted by atomic mass is 35.5. The van der Waals surface area contributed by atoms with E-state index in [1.807, 2.05) is 47.0 Å². The molecule has 12 nitrogen and oxygen atoms in total. The predicted octanol–water partition coefficient (Wildman–Crippen LogP) is 1.06. The average Bonchev–Trinajstić information content (AvgIpc) is 2.90. The Morgan fingerprint density at radius 3 is 2.58 bits per heavy atom. The quantitative estimate of drug-likeness (QED) is 0.430. The van der Waals surface area contributed by atoms with Gasteiger partial charge in [0, 0.05) is 51.3 Å². The van der Waals surface area contributed by atoms with Crippen LogP contribution in [0.3, 0.4) is 0 Å². The van der Waals surface area contributed by atoms with E-state index in [-0.39, 0.29) is 29.7 Å². The molecule has 0 unspecified atom stereocenters. The Morgan fingerprint density at radius 2 is 1.89 bits per heavy atom. The summed E-state index contributed by atoms with van der Waals surface area (Å²) in [6.07, 6.45) is 1.55. The minimum atomic E-state index is -0.339. The Labute approximate surface area is 225 Å². The number of anilines is 3. The van der Waals surface area contributed by atoms with Gasteiger partial charge in [0.05, 0.1) is 18.3 Å². The number of fused-ring (bicyclic) bond motifs is 1. The minimum Gasteiger partial charge on any atom is -0.478 e. The topological polar surface area (TPSA) is 125 Å². The zero-order valence-electron chi connectivity index (χ0n) is 21.8. The number of nitrogens with one attached hydrogen (secondary N) is 2. The zero-order chi connectivity index (χ0) is 27.4. The Balaban J connectivity index is 1.51. The van der Waals surface area contributed by atoms with E-state index >= 15 is 0 Å². The molecule has 0 atom stereocenters. The molecular formula is C25H31ClN8O4. The first kappa shape index (κ1) is 27.1. The number of hydrogen-bond donors (Lipinski definition) is 2. The molecule has 3 aromatic rings. The number of benzene rings is 1. The van der Waals surface area contributed by atoms with Crippen LogP contribution in [0.1, 0.15) is 0 Å². The molecule has 1 aliphatic rings. The van der Waals surface area contributed by atoms with E-state index in [1.165, 1.54) is 11.6 Å². The lowest BCUT2D eigenvalue weighted by molar-refractivity contribution is -0.132. The summed E-state index contributed by atoms with van der Waals surface area (Å²) in [6, 6.07) is 7.08. The number of hydrogen-bond acceptors (Lipinski definition) is 9. The van der Waals surface area contributed by atoms with Crippen LogP contribution in [0, 0.1) is 0 Å². The highest BCUT2D eigenvalue weighted by molar-refractivity contribution is 6.32. The normalized spacial score (nSPS) is 13.6. The third-order valence-electron chi connectivity index (χ3n) is 6.19. The van der Waals surface area contributed by atoms with Crippen LogP contribution in [0.2, 0.25) is 5.02 Å². The molecule has 0 bridgehead atoms. The smallest absolute Gasteiger partial charge is 0.293 e. The maximum Gasteiger partial charge on any atom is 0.293 e. The van der Waals surface area contributed by atoms with Crippen molar-refractivity contribution in [2.45, 2.75) is 0 Å². The van der Waals surface area contributed by atoms with Gasteiger partial charge in [-0.3, -0.25) is 14.4 Å². The van der Waals surface area contributed by atoms with Gasteiger partial charge >= 0.3 is 0 Å². The zero-order valence-corrected chi connectivity index (χ0v) is 22.6. The summed E-state index contributed by atoms with van der Waals surface area (Å²) < 4.78 is 6.91. The van der Waals surface area contributed by atoms with Crippen molar-refractivity contribution in [3.8, 4) is 5.75 Å². The fourth-order valence-electron chi connectivity index (χ4n) is 4.11. The van der Waals surface area contributed by atoms with Gasteiger partial charge in [-0.2, -0.15) is 4.98 Å². The largest absolute Gasteiger partial charge is 0.478 e. The number of nitrogens with zero attached hydrogens (tertiary/aromatic N) is 6. The van der Waals surface area contributed by atoms with Crippen LogP contribution >= 0.6 is 11.6 Å². The van der Waals surface area contributed by atoms with Gasteiger partial charge in [-0.15, -0.1) is 0 Å². The van der Waals surface area contributed by atoms with E-state index in [9.17, 15) is 14.4 Å². The third-order valence-corrected chi connectivity index (χ3v) is 6.47. The van der Waals surface area contributed by atoms with Gasteiger partial charge in [-0.25, -0.2) is 4.98 Å². The van der Waals surface area contributed by atoms with E-state index in [1.54, 1.807) is 19.3 Å². The van der Waals surface area contributed by atoms with Gasteiger partial charge in [-0.1, -0.05) is 11.6 Å². The number of piperazine rings is 1. The van der Waals surface area contributed by atoms with Crippen LogP contribution in [0.25, 0.3) is 10.9 Å². The molecule has 0 radical (unpaired) electrons. The molecule has 2 aromatic heterocycles. The average molecular weight is 543 g/mol. The molecule has 4 rings (SSSR count). The monoisotopic (exact) mass is 542 g/mol. The number of amides is 2. The Morgan fingerprint density at radius 1 is 1.16 bits per heavy atom. The second-order valence-electron chi connectivity index (χ2n) is 9.21. The van der Waals surface area contributed by atoms with Gasteiger partial charge in [0.1, 0.15) is 5.02 Å². The van der Waals surface area contributed by atoms with Crippen molar-refractivity contribution in [3.63, 3.8) is 0 Å². The lowest BCUT2D eigenvalue weighted by atomic mass is 10.2. The molecule has 1 aromatic carbocycles. The molecule has 0 spiro atoms. The molecule has 2 amide bonds. The molecule has 38 heavy (non-hydrogen) atoms. The fourth-order valence-corrected chi connectivity index (χ4v) is 4.25. The maximum absolute atomic E-state index is 12.6. The van der Waals surface area contributed by atoms with Crippen molar-refractivity contribution in [2.24, 2.45) is 7.05 Å². The van der Waals surface area contributed by atoms with E-state index < -0.39 is 0 Å². The number of aryl methyl sites for hydroxylation is 1. The van der Waals surface area contributed by atoms with Crippen molar-refractivity contribution in [3.05, 3.63) is 45.8 Å². The number of aromatic nitrogens is 3. The van der Waals surface area contributed by atoms with Crippen LogP contribution < -0.4 is 25.8 Å². The second kappa shape index (κ2) is 11.7. The maximum atomic E-state index is 12.6. The van der Waals surface area contributed by atoms with Gasteiger partial charge in [0.15, 0.2) is 18.2 Å². The number of likely N-dealkylation sites (N-methyl/N-ethyl adjacent to an activating group) is 2. The summed E-state index contributed by atoms with van der Waals surface area (Å²) in [5, 5.41) is 6.77. The van der Waals surface area contributed by atoms with Gasteiger partial charge < -0.3 is 34.6 Å². The van der Waals surface area contributed by atoms with Crippen molar-refractivity contribution in [2.75, 3.05) is 70.7 Å². The minimum absolute atomic E-state index is 0.0753. The van der Waals surface area contributed by atoms with E-state index in [0.717, 1.165) is 5.39 Å². The Hall–Kier alpha value is -3.90. The van der Waals surface area contributed by atoms with Crippen LogP contribution in [0.5, 0.6) is 5.75 Å². The Kier molecular flexibility index (Phi) is 8.32. The molecule has 13 heteroatoms. The molecule has 1 saturated heterocycles. The molecule has 0 saturated carbocycles. The summed E-state index contributed by atoms with van der Waals surface area (Å²) in [4.78, 5) is 51.3. The second-order valence-corrected chi connectivity index (χ2v) is 9.61. The van der Waals surface area contributed by atoms with Crippen molar-refractivity contribution in [1.82, 2.24) is 29.7 Å². The first-order valence-electron chi connectivity index (χ1n) is 12.1. The van der Waals surface area contributed by atoms with E-state index in [4.69, 9.17) is 16.3 Å². The van der Waals surface area contributed by atoms with Crippen LogP contribution in [-0.2, 0) is 16.6 Å². The van der Waals surface area contributed by atoms with Gasteiger partial charge in [0.25, 0.3) is 11.5 Å². The number of ether oxygens (including phenoxy) is 1. The number of halogens is 1. The third kappa shape index (κ3) is 6.14. The summed E-state index contributed by atoms with van der Waals surface area (Å²) >= 11 is 6.41. The van der Waals surface area contributed by atoms with Crippen molar-refractivity contribution in [1.29, 1.82) is 0 Å². The van der Waals surface area contributed by atoms with E-state index in [0.29, 0.717) is 60.7 Å². The SMILES string of the molecule is CNC(=O)COc1cc2cc(Nc3nc(N4CCN(C(=O)CN(C)C)CC4)ncc3Cl)ccc2n(C)c1=O. The number of carbonyl (C=O) groups excluding carboxylic acids is 2. The summed E-state index contributed by atoms with van der Waals surface area (Å²) in [5.74, 6) is 0.794. The highest BCUT2D eigenvalue weighted by Crippen LogP contribution is 2.28. The molecule has 0 aliphatic carbocycles. The molecule has 2 N–H and O–H groups in total. The van der Waals surface area contributed by atoms with Gasteiger partial charge in [-0.05, 0) is 38.4 Å². The van der Waals surface area contributed by atoms with Gasteiger partial charge in [0.2, 0.25) is 11.9 Å². The molecule has 1 aliphatic heterocycles. The number of rotatable bonds is 8. The molecule has 202 valence electrons. The first-order valence-corrected chi connectivity index (χ1v) is 12.5. The predicted molar refractivity (Wildman–Crippen MR) is 146 cm³/mol. The van der Waals surface area contributed by atoms with Crippen molar-refractivity contribution >= 4 is 51.8 Å². The number of pyridine rings is 1. The first-order chi connectivity index (χ1) is 18.2. The lowest BCUT2D eigenvalue weighted by Crippen LogP contribution is -2.51. The van der Waals surface area contributed by atoms with Crippen LogP contribution in [0.15, 0.2) is 35.3 Å². The van der Waals surface area contributed by atoms with Crippen LogP contribution in [-0.4, -0.2) is 96.6 Å². The standard InChI is InChI=1S/C25H31ClN8O4/c1-27-21(35)15-38-20-12-16-11-17(5-6-19(16)32(4)24(20)37)29-23-18(26)13-28-25(30-23)34-9-7-33(8-10-34)22(36)14-31(2)3/h5-6,11-13H,7-10,14-15H2,1-4H3,(H,27,35)(H,28,29,30). The highest BCUT2D eigenvalue weighted by Gasteiger charge is 2.23. The van der Waals surface area contributed by atoms with Crippen LogP contribution in [0.4, 0.5) is 17.5 Å². The molecule has 1 fully saturated rings.